The van der Waals surface area contributed by atoms with E-state index >= 15 is 0 Å². The molecular formula is C15H25ClN2O. The van der Waals surface area contributed by atoms with E-state index < -0.39 is 0 Å². The van der Waals surface area contributed by atoms with Crippen LogP contribution in [-0.4, -0.2) is 21.0 Å². The molecule has 3 nitrogen and oxygen atoms in total. The van der Waals surface area contributed by atoms with Crippen LogP contribution in [-0.2, 0) is 19.9 Å². The van der Waals surface area contributed by atoms with Gasteiger partial charge < -0.3 is 5.11 Å². The fraction of sp³-hybridized carbons (Fsp3) is 0.800. The largest absolute Gasteiger partial charge is 0.393 e. The van der Waals surface area contributed by atoms with E-state index in [-0.39, 0.29) is 6.10 Å². The van der Waals surface area contributed by atoms with E-state index in [9.17, 15) is 5.11 Å². The molecule has 0 aliphatic heterocycles. The first-order valence-corrected chi connectivity index (χ1v) is 7.88. The van der Waals surface area contributed by atoms with Gasteiger partial charge >= 0.3 is 0 Å². The summed E-state index contributed by atoms with van der Waals surface area (Å²) in [4.78, 5) is 0. The zero-order valence-electron chi connectivity index (χ0n) is 12.0. The number of aliphatic hydroxyl groups excluding tert-OH is 1. The molecule has 19 heavy (non-hydrogen) atoms. The molecule has 0 bridgehead atoms. The highest BCUT2D eigenvalue weighted by Crippen LogP contribution is 2.30. The van der Waals surface area contributed by atoms with Gasteiger partial charge in [-0.3, -0.25) is 4.68 Å². The SMILES string of the molecule is CCc1nn(C)c(CC(O)CCC2CCCC2)c1Cl. The lowest BCUT2D eigenvalue weighted by Crippen LogP contribution is -2.14. The van der Waals surface area contributed by atoms with Crippen molar-refractivity contribution in [2.75, 3.05) is 0 Å². The topological polar surface area (TPSA) is 38.0 Å². The summed E-state index contributed by atoms with van der Waals surface area (Å²) in [6.45, 7) is 2.05. The maximum absolute atomic E-state index is 10.2. The van der Waals surface area contributed by atoms with Gasteiger partial charge in [-0.2, -0.15) is 5.10 Å². The van der Waals surface area contributed by atoms with E-state index in [2.05, 4.69) is 12.0 Å². The fourth-order valence-corrected chi connectivity index (χ4v) is 3.46. The minimum absolute atomic E-state index is 0.293. The number of rotatable bonds is 6. The van der Waals surface area contributed by atoms with Crippen molar-refractivity contribution in [3.63, 3.8) is 0 Å². The Morgan fingerprint density at radius 3 is 2.68 bits per heavy atom. The van der Waals surface area contributed by atoms with Crippen LogP contribution < -0.4 is 0 Å². The van der Waals surface area contributed by atoms with Gasteiger partial charge in [0, 0.05) is 13.5 Å². The smallest absolute Gasteiger partial charge is 0.0850 e. The van der Waals surface area contributed by atoms with Crippen molar-refractivity contribution in [3.05, 3.63) is 16.4 Å². The predicted molar refractivity (Wildman–Crippen MR) is 78.5 cm³/mol. The first kappa shape index (κ1) is 14.9. The highest BCUT2D eigenvalue weighted by Gasteiger charge is 2.19. The molecule has 1 aliphatic carbocycles. The van der Waals surface area contributed by atoms with Crippen molar-refractivity contribution in [2.45, 2.75) is 64.4 Å². The summed E-state index contributed by atoms with van der Waals surface area (Å²) in [6.07, 6.45) is 8.63. The van der Waals surface area contributed by atoms with Crippen LogP contribution in [0.1, 0.15) is 56.8 Å². The Morgan fingerprint density at radius 1 is 1.42 bits per heavy atom. The monoisotopic (exact) mass is 284 g/mol. The molecule has 4 heteroatoms. The number of hydrogen-bond donors (Lipinski definition) is 1. The zero-order chi connectivity index (χ0) is 13.8. The molecule has 0 amide bonds. The summed E-state index contributed by atoms with van der Waals surface area (Å²) in [5.74, 6) is 0.836. The molecule has 1 aromatic heterocycles. The maximum Gasteiger partial charge on any atom is 0.0850 e. The Kier molecular flexibility index (Phi) is 5.28. The number of hydrogen-bond acceptors (Lipinski definition) is 2. The summed E-state index contributed by atoms with van der Waals surface area (Å²) in [6, 6.07) is 0. The molecular weight excluding hydrogens is 260 g/mol. The predicted octanol–water partition coefficient (Wildman–Crippen LogP) is 3.51. The van der Waals surface area contributed by atoms with E-state index in [1.807, 2.05) is 11.7 Å². The second kappa shape index (κ2) is 6.76. The van der Waals surface area contributed by atoms with Crippen LogP contribution in [0.5, 0.6) is 0 Å². The van der Waals surface area contributed by atoms with E-state index in [1.54, 1.807) is 0 Å². The highest BCUT2D eigenvalue weighted by molar-refractivity contribution is 6.31. The van der Waals surface area contributed by atoms with Crippen molar-refractivity contribution < 1.29 is 5.11 Å². The second-order valence-corrected chi connectivity index (χ2v) is 6.15. The van der Waals surface area contributed by atoms with Gasteiger partial charge in [0.2, 0.25) is 0 Å². The lowest BCUT2D eigenvalue weighted by molar-refractivity contribution is 0.152. The van der Waals surface area contributed by atoms with Crippen molar-refractivity contribution in [2.24, 2.45) is 13.0 Å². The molecule has 1 saturated carbocycles. The number of aliphatic hydroxyl groups is 1. The molecule has 1 N–H and O–H groups in total. The molecule has 108 valence electrons. The van der Waals surface area contributed by atoms with Gasteiger partial charge in [0.25, 0.3) is 0 Å². The normalized spacial score (nSPS) is 18.1. The number of nitrogens with zero attached hydrogens (tertiary/aromatic N) is 2. The van der Waals surface area contributed by atoms with Crippen molar-refractivity contribution in [3.8, 4) is 0 Å². The Labute approximate surface area is 121 Å². The van der Waals surface area contributed by atoms with Gasteiger partial charge in [0.15, 0.2) is 0 Å². The summed E-state index contributed by atoms with van der Waals surface area (Å²) in [5.41, 5.74) is 1.90. The Morgan fingerprint density at radius 2 is 2.11 bits per heavy atom. The molecule has 0 aromatic carbocycles. The average Bonchev–Trinajstić information content (AvgIpc) is 2.99. The van der Waals surface area contributed by atoms with E-state index in [0.717, 1.165) is 41.6 Å². The summed E-state index contributed by atoms with van der Waals surface area (Å²) >= 11 is 6.31. The van der Waals surface area contributed by atoms with E-state index in [4.69, 9.17) is 11.6 Å². The zero-order valence-corrected chi connectivity index (χ0v) is 12.8. The molecule has 0 spiro atoms. The van der Waals surface area contributed by atoms with Gasteiger partial charge in [0.1, 0.15) is 0 Å². The average molecular weight is 285 g/mol. The van der Waals surface area contributed by atoms with E-state index in [0.29, 0.717) is 6.42 Å². The van der Waals surface area contributed by atoms with Crippen LogP contribution >= 0.6 is 11.6 Å². The quantitative estimate of drug-likeness (QED) is 0.868. The maximum atomic E-state index is 10.2. The van der Waals surface area contributed by atoms with Gasteiger partial charge in [-0.15, -0.1) is 0 Å². The van der Waals surface area contributed by atoms with Crippen LogP contribution in [0.4, 0.5) is 0 Å². The van der Waals surface area contributed by atoms with Gasteiger partial charge in [0.05, 0.1) is 22.5 Å². The third kappa shape index (κ3) is 3.73. The minimum atomic E-state index is -0.293. The molecule has 1 aliphatic rings. The number of halogens is 1. The lowest BCUT2D eigenvalue weighted by atomic mass is 9.98. The van der Waals surface area contributed by atoms with Crippen LogP contribution in [0.2, 0.25) is 5.02 Å². The van der Waals surface area contributed by atoms with Crippen LogP contribution in [0, 0.1) is 5.92 Å². The molecule has 1 unspecified atom stereocenters. The Balaban J connectivity index is 1.87. The molecule has 0 saturated heterocycles. The third-order valence-corrected chi connectivity index (χ3v) is 4.75. The highest BCUT2D eigenvalue weighted by atomic mass is 35.5. The third-order valence-electron chi connectivity index (χ3n) is 4.31. The first-order valence-electron chi connectivity index (χ1n) is 7.50. The molecule has 1 fully saturated rings. The van der Waals surface area contributed by atoms with Crippen molar-refractivity contribution in [1.82, 2.24) is 9.78 Å². The molecule has 2 rings (SSSR count). The summed E-state index contributed by atoms with van der Waals surface area (Å²) < 4.78 is 1.82. The summed E-state index contributed by atoms with van der Waals surface area (Å²) in [5, 5.41) is 15.3. The lowest BCUT2D eigenvalue weighted by Gasteiger charge is -2.14. The van der Waals surface area contributed by atoms with Crippen LogP contribution in [0.25, 0.3) is 0 Å². The van der Waals surface area contributed by atoms with Crippen molar-refractivity contribution >= 4 is 11.6 Å². The number of aromatic nitrogens is 2. The van der Waals surface area contributed by atoms with Crippen LogP contribution in [0.15, 0.2) is 0 Å². The Bertz CT molecular complexity index is 411. The van der Waals surface area contributed by atoms with Gasteiger partial charge in [-0.1, -0.05) is 44.2 Å². The second-order valence-electron chi connectivity index (χ2n) is 5.77. The first-order chi connectivity index (χ1) is 9.11. The Hall–Kier alpha value is -0.540. The van der Waals surface area contributed by atoms with Gasteiger partial charge in [-0.25, -0.2) is 0 Å². The molecule has 1 aromatic rings. The molecule has 1 atom stereocenters. The van der Waals surface area contributed by atoms with Crippen LogP contribution in [0.3, 0.4) is 0 Å². The van der Waals surface area contributed by atoms with E-state index in [1.165, 1.54) is 25.7 Å². The fourth-order valence-electron chi connectivity index (χ4n) is 3.09. The minimum Gasteiger partial charge on any atom is -0.393 e. The molecule has 0 radical (unpaired) electrons. The number of aryl methyl sites for hydroxylation is 2. The van der Waals surface area contributed by atoms with Gasteiger partial charge in [-0.05, 0) is 25.2 Å². The standard InChI is InChI=1S/C15H25ClN2O/c1-3-13-15(16)14(18(2)17-13)10-12(19)9-8-11-6-4-5-7-11/h11-12,19H,3-10H2,1-2H3. The molecule has 1 heterocycles. The van der Waals surface area contributed by atoms with Crippen molar-refractivity contribution in [1.29, 1.82) is 0 Å². The summed E-state index contributed by atoms with van der Waals surface area (Å²) in [7, 11) is 1.91.